The van der Waals surface area contributed by atoms with Crippen LogP contribution < -0.4 is 5.32 Å². The molecule has 0 bridgehead atoms. The fourth-order valence-corrected chi connectivity index (χ4v) is 2.08. The minimum atomic E-state index is -0.312. The highest BCUT2D eigenvalue weighted by Crippen LogP contribution is 2.12. The van der Waals surface area contributed by atoms with Crippen molar-refractivity contribution in [3.63, 3.8) is 0 Å². The molecule has 2 N–H and O–H groups in total. The number of benzene rings is 1. The van der Waals surface area contributed by atoms with E-state index < -0.39 is 0 Å². The maximum absolute atomic E-state index is 13.1. The summed E-state index contributed by atoms with van der Waals surface area (Å²) >= 11 is 0. The van der Waals surface area contributed by atoms with Crippen molar-refractivity contribution in [2.24, 2.45) is 7.05 Å². The van der Waals surface area contributed by atoms with Gasteiger partial charge in [-0.05, 0) is 28.6 Å². The van der Waals surface area contributed by atoms with Crippen molar-refractivity contribution in [2.75, 3.05) is 6.54 Å². The third kappa shape index (κ3) is 3.08. The molecule has 3 aromatic rings. The zero-order chi connectivity index (χ0) is 15.5. The van der Waals surface area contributed by atoms with Crippen LogP contribution in [0.3, 0.4) is 0 Å². The summed E-state index contributed by atoms with van der Waals surface area (Å²) in [6.07, 6.45) is 0.647. The smallest absolute Gasteiger partial charge is 0.227 e. The molecular formula is C13H14FN7O. The summed E-state index contributed by atoms with van der Waals surface area (Å²) < 4.78 is 14.5. The third-order valence-corrected chi connectivity index (χ3v) is 3.20. The Hall–Kier alpha value is -2.84. The molecular weight excluding hydrogens is 289 g/mol. The maximum Gasteiger partial charge on any atom is 0.227 e. The number of rotatable bonds is 5. The lowest BCUT2D eigenvalue weighted by Crippen LogP contribution is -2.28. The number of tetrazole rings is 1. The second-order valence-electron chi connectivity index (χ2n) is 4.84. The van der Waals surface area contributed by atoms with Crippen LogP contribution in [0, 0.1) is 5.82 Å². The maximum atomic E-state index is 13.1. The van der Waals surface area contributed by atoms with Gasteiger partial charge < -0.3 is 10.3 Å². The van der Waals surface area contributed by atoms with E-state index >= 15 is 0 Å². The molecule has 1 amide bonds. The van der Waals surface area contributed by atoms with Crippen molar-refractivity contribution in [3.8, 4) is 0 Å². The summed E-state index contributed by atoms with van der Waals surface area (Å²) in [7, 11) is 1.68. The van der Waals surface area contributed by atoms with Crippen LogP contribution >= 0.6 is 0 Å². The summed E-state index contributed by atoms with van der Waals surface area (Å²) in [5, 5.41) is 13.6. The van der Waals surface area contributed by atoms with Gasteiger partial charge in [0.05, 0.1) is 17.5 Å². The van der Waals surface area contributed by atoms with Gasteiger partial charge in [0.15, 0.2) is 5.82 Å². The van der Waals surface area contributed by atoms with Gasteiger partial charge in [0, 0.05) is 20.0 Å². The van der Waals surface area contributed by atoms with E-state index in [4.69, 9.17) is 0 Å². The number of amides is 1. The Balaban J connectivity index is 1.53. The molecule has 0 fully saturated rings. The van der Waals surface area contributed by atoms with Crippen molar-refractivity contribution in [3.05, 3.63) is 35.7 Å². The van der Waals surface area contributed by atoms with Crippen LogP contribution in [-0.4, -0.2) is 42.6 Å². The average Bonchev–Trinajstić information content (AvgIpc) is 3.05. The third-order valence-electron chi connectivity index (χ3n) is 3.20. The van der Waals surface area contributed by atoms with E-state index in [2.05, 4.69) is 30.8 Å². The molecule has 0 saturated carbocycles. The van der Waals surface area contributed by atoms with E-state index in [1.165, 1.54) is 16.8 Å². The Morgan fingerprint density at radius 1 is 1.45 bits per heavy atom. The number of nitrogens with zero attached hydrogens (tertiary/aromatic N) is 5. The number of carbonyl (C=O) groups is 1. The van der Waals surface area contributed by atoms with E-state index in [0.29, 0.717) is 35.6 Å². The zero-order valence-corrected chi connectivity index (χ0v) is 11.9. The first kappa shape index (κ1) is 14.1. The number of hydrogen-bond donors (Lipinski definition) is 2. The average molecular weight is 303 g/mol. The predicted octanol–water partition coefficient (Wildman–Crippen LogP) is 0.127. The Morgan fingerprint density at radius 2 is 2.32 bits per heavy atom. The first-order valence-electron chi connectivity index (χ1n) is 6.74. The highest BCUT2D eigenvalue weighted by atomic mass is 19.1. The molecule has 0 aliphatic carbocycles. The minimum Gasteiger partial charge on any atom is -0.355 e. The monoisotopic (exact) mass is 303 g/mol. The summed E-state index contributed by atoms with van der Waals surface area (Å²) in [6.45, 7) is 0.423. The molecule has 3 rings (SSSR count). The molecule has 0 unspecified atom stereocenters. The summed E-state index contributed by atoms with van der Waals surface area (Å²) in [6, 6.07) is 4.37. The van der Waals surface area contributed by atoms with E-state index in [0.717, 1.165) is 0 Å². The van der Waals surface area contributed by atoms with Gasteiger partial charge in [0.1, 0.15) is 11.6 Å². The fourth-order valence-electron chi connectivity index (χ4n) is 2.08. The molecule has 2 aromatic heterocycles. The van der Waals surface area contributed by atoms with Crippen LogP contribution in [0.4, 0.5) is 4.39 Å². The Labute approximate surface area is 124 Å². The number of fused-ring (bicyclic) bond motifs is 1. The van der Waals surface area contributed by atoms with Crippen molar-refractivity contribution < 1.29 is 9.18 Å². The topological polar surface area (TPSA) is 101 Å². The van der Waals surface area contributed by atoms with E-state index in [1.807, 2.05) is 0 Å². The Kier molecular flexibility index (Phi) is 3.77. The summed E-state index contributed by atoms with van der Waals surface area (Å²) in [5.41, 5.74) is 1.35. The Bertz CT molecular complexity index is 810. The number of H-pyrrole nitrogens is 1. The van der Waals surface area contributed by atoms with Gasteiger partial charge in [-0.3, -0.25) is 4.79 Å². The molecule has 0 spiro atoms. The first-order chi connectivity index (χ1) is 10.6. The summed E-state index contributed by atoms with van der Waals surface area (Å²) in [5.74, 6) is 0.714. The number of aromatic amines is 1. The first-order valence-corrected chi connectivity index (χ1v) is 6.74. The number of halogens is 1. The van der Waals surface area contributed by atoms with E-state index in [9.17, 15) is 9.18 Å². The largest absolute Gasteiger partial charge is 0.355 e. The lowest BCUT2D eigenvalue weighted by atomic mass is 10.3. The van der Waals surface area contributed by atoms with Crippen molar-refractivity contribution >= 4 is 16.9 Å². The van der Waals surface area contributed by atoms with Crippen molar-refractivity contribution in [2.45, 2.75) is 12.8 Å². The normalized spacial score (nSPS) is 11.0. The second kappa shape index (κ2) is 5.88. The fraction of sp³-hybridized carbons (Fsp3) is 0.308. The molecule has 9 heteroatoms. The van der Waals surface area contributed by atoms with Gasteiger partial charge >= 0.3 is 0 Å². The molecule has 1 aromatic carbocycles. The van der Waals surface area contributed by atoms with Crippen LogP contribution in [0.2, 0.25) is 0 Å². The quantitative estimate of drug-likeness (QED) is 0.697. The Morgan fingerprint density at radius 3 is 3.09 bits per heavy atom. The lowest BCUT2D eigenvalue weighted by molar-refractivity contribution is -0.120. The van der Waals surface area contributed by atoms with Crippen LogP contribution in [-0.2, 0) is 24.7 Å². The molecule has 8 nitrogen and oxygen atoms in total. The molecule has 0 radical (unpaired) electrons. The van der Waals surface area contributed by atoms with Gasteiger partial charge in [-0.25, -0.2) is 14.1 Å². The second-order valence-corrected chi connectivity index (χ2v) is 4.84. The zero-order valence-electron chi connectivity index (χ0n) is 11.9. The number of hydrogen-bond acceptors (Lipinski definition) is 5. The standard InChI is InChI=1S/C13H14FN7O/c1-21-12(18-19-20-21)7-13(22)15-5-4-11-16-9-3-2-8(14)6-10(9)17-11/h2-3,6H,4-5,7H2,1H3,(H,15,22)(H,16,17). The van der Waals surface area contributed by atoms with Gasteiger partial charge in [0.2, 0.25) is 5.91 Å². The van der Waals surface area contributed by atoms with Crippen LogP contribution in [0.1, 0.15) is 11.6 Å². The van der Waals surface area contributed by atoms with Crippen molar-refractivity contribution in [1.29, 1.82) is 0 Å². The minimum absolute atomic E-state index is 0.120. The molecule has 2 heterocycles. The van der Waals surface area contributed by atoms with Crippen LogP contribution in [0.15, 0.2) is 18.2 Å². The van der Waals surface area contributed by atoms with Gasteiger partial charge in [-0.1, -0.05) is 0 Å². The number of aromatic nitrogens is 6. The lowest BCUT2D eigenvalue weighted by Gasteiger charge is -2.02. The van der Waals surface area contributed by atoms with Crippen LogP contribution in [0.25, 0.3) is 11.0 Å². The van der Waals surface area contributed by atoms with Gasteiger partial charge in [-0.2, -0.15) is 0 Å². The molecule has 114 valence electrons. The molecule has 0 atom stereocenters. The predicted molar refractivity (Wildman–Crippen MR) is 75.3 cm³/mol. The number of aryl methyl sites for hydroxylation is 1. The van der Waals surface area contributed by atoms with Crippen LogP contribution in [0.5, 0.6) is 0 Å². The van der Waals surface area contributed by atoms with E-state index in [-0.39, 0.29) is 18.1 Å². The number of imidazole rings is 1. The molecule has 0 saturated heterocycles. The molecule has 0 aliphatic rings. The van der Waals surface area contributed by atoms with Gasteiger partial charge in [-0.15, -0.1) is 5.10 Å². The molecule has 22 heavy (non-hydrogen) atoms. The number of carbonyl (C=O) groups excluding carboxylic acids is 1. The van der Waals surface area contributed by atoms with Gasteiger partial charge in [0.25, 0.3) is 0 Å². The summed E-state index contributed by atoms with van der Waals surface area (Å²) in [4.78, 5) is 19.1. The highest BCUT2D eigenvalue weighted by Gasteiger charge is 2.09. The highest BCUT2D eigenvalue weighted by molar-refractivity contribution is 5.77. The van der Waals surface area contributed by atoms with Crippen molar-refractivity contribution in [1.82, 2.24) is 35.5 Å². The van der Waals surface area contributed by atoms with E-state index in [1.54, 1.807) is 13.1 Å². The molecule has 0 aliphatic heterocycles. The number of nitrogens with one attached hydrogen (secondary N) is 2. The SMILES string of the molecule is Cn1nnnc1CC(=O)NCCc1nc2ccc(F)cc2[nH]1.